The molecule has 9 aromatic carbocycles. The Hall–Kier alpha value is -7.68. The van der Waals surface area contributed by atoms with E-state index in [9.17, 15) is 0 Å². The first kappa shape index (κ1) is 36.2. The molecular weight excluding hydrogens is 749 g/mol. The zero-order chi connectivity index (χ0) is 41.4. The second kappa shape index (κ2) is 13.9. The van der Waals surface area contributed by atoms with Crippen LogP contribution < -0.4 is 0 Å². The monoisotopic (exact) mass is 790 g/mol. The predicted octanol–water partition coefficient (Wildman–Crippen LogP) is 15.0. The predicted molar refractivity (Wildman–Crippen MR) is 256 cm³/mol. The summed E-state index contributed by atoms with van der Waals surface area (Å²) in [6, 6.07) is 79.7. The molecule has 0 saturated carbocycles. The summed E-state index contributed by atoms with van der Waals surface area (Å²) in [4.78, 5) is 10.6. The van der Waals surface area contributed by atoms with Crippen molar-refractivity contribution < 1.29 is 0 Å². The van der Waals surface area contributed by atoms with Gasteiger partial charge >= 0.3 is 0 Å². The van der Waals surface area contributed by atoms with E-state index in [4.69, 9.17) is 9.97 Å². The molecule has 0 aliphatic heterocycles. The van der Waals surface area contributed by atoms with Crippen molar-refractivity contribution in [3.8, 4) is 67.3 Å². The van der Waals surface area contributed by atoms with Gasteiger partial charge in [0.15, 0.2) is 5.82 Å². The van der Waals surface area contributed by atoms with E-state index < -0.39 is 5.41 Å². The van der Waals surface area contributed by atoms with E-state index in [-0.39, 0.29) is 5.41 Å². The summed E-state index contributed by atoms with van der Waals surface area (Å²) in [5.41, 5.74) is 19.8. The summed E-state index contributed by atoms with van der Waals surface area (Å²) in [5, 5.41) is 2.34. The van der Waals surface area contributed by atoms with E-state index in [1.54, 1.807) is 0 Å². The molecule has 0 unspecified atom stereocenters. The van der Waals surface area contributed by atoms with Crippen LogP contribution in [-0.2, 0) is 10.8 Å². The molecule has 2 nitrogen and oxygen atoms in total. The zero-order valence-electron chi connectivity index (χ0n) is 34.7. The van der Waals surface area contributed by atoms with Crippen LogP contribution >= 0.6 is 0 Å². The molecule has 1 heterocycles. The van der Waals surface area contributed by atoms with Gasteiger partial charge in [-0.15, -0.1) is 0 Å². The standard InChI is InChI=1S/C60H42N2/c1-59(2)51-30-16-14-27-46(51)47-34-33-40(37-54(47)59)55-38-56(62-58(61-55)39-19-6-3-7-20-39)48-36-35-45(43-25-12-13-26-44(43)48)49-29-18-32-53-57(49)50-28-15-17-31-52(50)60(53,41-21-8-4-9-22-41)42-23-10-5-11-24-42/h3-38H,1-2H3. The van der Waals surface area contributed by atoms with Gasteiger partial charge < -0.3 is 0 Å². The number of benzene rings is 9. The number of fused-ring (bicyclic) bond motifs is 7. The number of hydrogen-bond acceptors (Lipinski definition) is 2. The first-order valence-corrected chi connectivity index (χ1v) is 21.6. The molecule has 12 rings (SSSR count). The van der Waals surface area contributed by atoms with Crippen molar-refractivity contribution in [2.24, 2.45) is 0 Å². The molecule has 2 aliphatic rings. The summed E-state index contributed by atoms with van der Waals surface area (Å²) in [6.45, 7) is 4.67. The fourth-order valence-corrected chi connectivity index (χ4v) is 10.8. The molecule has 62 heavy (non-hydrogen) atoms. The molecule has 1 aromatic heterocycles. The Morgan fingerprint density at radius 2 is 0.839 bits per heavy atom. The van der Waals surface area contributed by atoms with Crippen LogP contribution in [0, 0.1) is 0 Å². The van der Waals surface area contributed by atoms with Gasteiger partial charge in [0, 0.05) is 22.1 Å². The average molecular weight is 791 g/mol. The maximum atomic E-state index is 5.35. The zero-order valence-corrected chi connectivity index (χ0v) is 34.7. The average Bonchev–Trinajstić information content (AvgIpc) is 3.77. The second-order valence-electron chi connectivity index (χ2n) is 17.2. The molecule has 2 aliphatic carbocycles. The van der Waals surface area contributed by atoms with E-state index in [0.29, 0.717) is 5.82 Å². The number of aromatic nitrogens is 2. The Balaban J connectivity index is 1.06. The van der Waals surface area contributed by atoms with Crippen LogP contribution in [0.4, 0.5) is 0 Å². The van der Waals surface area contributed by atoms with E-state index in [1.807, 2.05) is 6.07 Å². The fraction of sp³-hybridized carbons (Fsp3) is 0.0667. The van der Waals surface area contributed by atoms with Crippen LogP contribution in [0.1, 0.15) is 47.2 Å². The highest BCUT2D eigenvalue weighted by Crippen LogP contribution is 2.59. The second-order valence-corrected chi connectivity index (χ2v) is 17.2. The van der Waals surface area contributed by atoms with Crippen LogP contribution in [0.25, 0.3) is 78.1 Å². The van der Waals surface area contributed by atoms with Gasteiger partial charge in [-0.1, -0.05) is 220 Å². The summed E-state index contributed by atoms with van der Waals surface area (Å²) in [5.74, 6) is 0.713. The molecule has 0 spiro atoms. The van der Waals surface area contributed by atoms with Crippen LogP contribution in [-0.4, -0.2) is 9.97 Å². The van der Waals surface area contributed by atoms with Crippen LogP contribution in [0.5, 0.6) is 0 Å². The van der Waals surface area contributed by atoms with E-state index in [2.05, 4.69) is 226 Å². The first-order valence-electron chi connectivity index (χ1n) is 21.6. The van der Waals surface area contributed by atoms with Crippen molar-refractivity contribution in [1.29, 1.82) is 0 Å². The Labute approximate surface area is 362 Å². The van der Waals surface area contributed by atoms with Crippen molar-refractivity contribution in [3.05, 3.63) is 252 Å². The lowest BCUT2D eigenvalue weighted by molar-refractivity contribution is 0.660. The number of hydrogen-bond donors (Lipinski definition) is 0. The van der Waals surface area contributed by atoms with Crippen molar-refractivity contribution in [1.82, 2.24) is 9.97 Å². The van der Waals surface area contributed by atoms with Crippen LogP contribution in [0.3, 0.4) is 0 Å². The maximum Gasteiger partial charge on any atom is 0.160 e. The Morgan fingerprint density at radius 3 is 1.56 bits per heavy atom. The smallest absolute Gasteiger partial charge is 0.160 e. The van der Waals surface area contributed by atoms with Crippen LogP contribution in [0.2, 0.25) is 0 Å². The molecule has 0 amide bonds. The highest BCUT2D eigenvalue weighted by Gasteiger charge is 2.47. The minimum Gasteiger partial charge on any atom is -0.228 e. The highest BCUT2D eigenvalue weighted by atomic mass is 14.9. The number of rotatable bonds is 6. The Morgan fingerprint density at radius 1 is 0.323 bits per heavy atom. The maximum absolute atomic E-state index is 5.35. The molecule has 0 saturated heterocycles. The van der Waals surface area contributed by atoms with E-state index >= 15 is 0 Å². The summed E-state index contributed by atoms with van der Waals surface area (Å²) < 4.78 is 0. The normalized spacial score (nSPS) is 13.9. The topological polar surface area (TPSA) is 25.8 Å². The SMILES string of the molecule is CC1(C)c2ccccc2-c2ccc(-c3cc(-c4ccc(-c5cccc6c5-c5ccccc5C6(c5ccccc5)c5ccccc5)c5ccccc45)nc(-c4ccccc4)n3)cc21. The van der Waals surface area contributed by atoms with Crippen molar-refractivity contribution in [3.63, 3.8) is 0 Å². The molecule has 0 bridgehead atoms. The minimum atomic E-state index is -0.471. The molecule has 0 N–H and O–H groups in total. The highest BCUT2D eigenvalue weighted by molar-refractivity contribution is 6.08. The third-order valence-electron chi connectivity index (χ3n) is 13.6. The van der Waals surface area contributed by atoms with Gasteiger partial charge in [0.05, 0.1) is 16.8 Å². The molecule has 0 radical (unpaired) electrons. The third kappa shape index (κ3) is 5.29. The van der Waals surface area contributed by atoms with Crippen molar-refractivity contribution in [2.75, 3.05) is 0 Å². The Kier molecular flexibility index (Phi) is 8.14. The molecule has 292 valence electrons. The van der Waals surface area contributed by atoms with Crippen molar-refractivity contribution >= 4 is 10.8 Å². The summed E-state index contributed by atoms with van der Waals surface area (Å²) in [7, 11) is 0. The lowest BCUT2D eigenvalue weighted by Gasteiger charge is -2.34. The van der Waals surface area contributed by atoms with Crippen molar-refractivity contribution in [2.45, 2.75) is 24.7 Å². The van der Waals surface area contributed by atoms with Crippen LogP contribution in [0.15, 0.2) is 218 Å². The molecule has 0 atom stereocenters. The molecule has 10 aromatic rings. The molecule has 2 heteroatoms. The lowest BCUT2D eigenvalue weighted by atomic mass is 9.67. The van der Waals surface area contributed by atoms with E-state index in [1.165, 1.54) is 72.1 Å². The molecule has 0 fully saturated rings. The van der Waals surface area contributed by atoms with Gasteiger partial charge in [-0.25, -0.2) is 9.97 Å². The van der Waals surface area contributed by atoms with Gasteiger partial charge in [0.1, 0.15) is 0 Å². The van der Waals surface area contributed by atoms with E-state index in [0.717, 1.165) is 33.5 Å². The first-order chi connectivity index (χ1) is 30.5. The number of nitrogens with zero attached hydrogens (tertiary/aromatic N) is 2. The van der Waals surface area contributed by atoms with Gasteiger partial charge in [-0.2, -0.15) is 0 Å². The summed E-state index contributed by atoms with van der Waals surface area (Å²) >= 11 is 0. The van der Waals surface area contributed by atoms with Gasteiger partial charge in [0.25, 0.3) is 0 Å². The third-order valence-corrected chi connectivity index (χ3v) is 13.6. The summed E-state index contributed by atoms with van der Waals surface area (Å²) in [6.07, 6.45) is 0. The largest absolute Gasteiger partial charge is 0.228 e. The molecular formula is C60H42N2. The van der Waals surface area contributed by atoms with Gasteiger partial charge in [0.2, 0.25) is 0 Å². The lowest BCUT2D eigenvalue weighted by Crippen LogP contribution is -2.28. The fourth-order valence-electron chi connectivity index (χ4n) is 10.8. The quantitative estimate of drug-likeness (QED) is 0.168. The van der Waals surface area contributed by atoms with Gasteiger partial charge in [-0.05, 0) is 89.7 Å². The minimum absolute atomic E-state index is 0.119. The van der Waals surface area contributed by atoms with Gasteiger partial charge in [-0.3, -0.25) is 0 Å². The Bertz CT molecular complexity index is 3330.